The second-order valence-corrected chi connectivity index (χ2v) is 11.2. The molecule has 0 aliphatic carbocycles. The Balaban J connectivity index is 1.65. The Bertz CT molecular complexity index is 1410. The van der Waals surface area contributed by atoms with Crippen molar-refractivity contribution in [1.82, 2.24) is 8.87 Å². The van der Waals surface area contributed by atoms with Crippen molar-refractivity contribution >= 4 is 43.5 Å². The molecule has 1 fully saturated rings. The first-order valence-electron chi connectivity index (χ1n) is 10.7. The Morgan fingerprint density at radius 2 is 1.94 bits per heavy atom. The third-order valence-corrected chi connectivity index (χ3v) is 8.64. The molecule has 34 heavy (non-hydrogen) atoms. The van der Waals surface area contributed by atoms with Crippen LogP contribution in [0.25, 0.3) is 10.2 Å². The van der Waals surface area contributed by atoms with E-state index in [1.807, 2.05) is 6.92 Å². The summed E-state index contributed by atoms with van der Waals surface area (Å²) in [5, 5.41) is 0. The number of aromatic nitrogens is 1. The van der Waals surface area contributed by atoms with Crippen molar-refractivity contribution in [2.45, 2.75) is 31.2 Å². The Kier molecular flexibility index (Phi) is 6.96. The number of piperidine rings is 1. The number of hydrogen-bond acceptors (Lipinski definition) is 6. The Morgan fingerprint density at radius 1 is 1.21 bits per heavy atom. The zero-order chi connectivity index (χ0) is 24.5. The van der Waals surface area contributed by atoms with E-state index in [1.54, 1.807) is 0 Å². The van der Waals surface area contributed by atoms with Gasteiger partial charge in [0.2, 0.25) is 10.0 Å². The summed E-state index contributed by atoms with van der Waals surface area (Å²) in [5.41, 5.74) is 0.736. The molecule has 4 rings (SSSR count). The van der Waals surface area contributed by atoms with Gasteiger partial charge in [-0.05, 0) is 61.2 Å². The van der Waals surface area contributed by atoms with E-state index in [-0.39, 0.29) is 21.8 Å². The van der Waals surface area contributed by atoms with E-state index in [0.717, 1.165) is 24.2 Å². The minimum Gasteiger partial charge on any atom is -0.468 e. The summed E-state index contributed by atoms with van der Waals surface area (Å²) in [6.45, 7) is 2.79. The van der Waals surface area contributed by atoms with E-state index >= 15 is 0 Å². The highest BCUT2D eigenvalue weighted by atomic mass is 32.2. The molecule has 1 saturated heterocycles. The largest absolute Gasteiger partial charge is 0.468 e. The molecule has 0 saturated carbocycles. The Labute approximate surface area is 200 Å². The van der Waals surface area contributed by atoms with Crippen LogP contribution in [-0.4, -0.2) is 49.4 Å². The highest BCUT2D eigenvalue weighted by molar-refractivity contribution is 7.89. The van der Waals surface area contributed by atoms with E-state index in [2.05, 4.69) is 4.99 Å². The van der Waals surface area contributed by atoms with E-state index in [1.165, 1.54) is 58.4 Å². The molecule has 2 heterocycles. The molecule has 0 radical (unpaired) electrons. The quantitative estimate of drug-likeness (QED) is 0.496. The summed E-state index contributed by atoms with van der Waals surface area (Å²) in [6.07, 6.45) is 1.82. The van der Waals surface area contributed by atoms with Crippen molar-refractivity contribution in [2.24, 2.45) is 10.9 Å². The lowest BCUT2D eigenvalue weighted by Gasteiger charge is -2.30. The first-order valence-corrected chi connectivity index (χ1v) is 13.0. The smallest absolute Gasteiger partial charge is 0.325 e. The maximum atomic E-state index is 13.7. The summed E-state index contributed by atoms with van der Waals surface area (Å²) in [4.78, 5) is 29.2. The SMILES string of the molecule is COC(=O)Cn1c(=NC(=O)c2ccc(S(=O)(=O)N3CCC[C@H](C)C3)cc2)sc2cc(F)ccc21. The number of hydrogen-bond donors (Lipinski definition) is 0. The molecule has 0 N–H and O–H groups in total. The first-order chi connectivity index (χ1) is 16.2. The first kappa shape index (κ1) is 24.2. The Morgan fingerprint density at radius 3 is 2.62 bits per heavy atom. The molecule has 1 aliphatic rings. The standard InChI is InChI=1S/C23H24FN3O5S2/c1-15-4-3-11-26(13-15)34(30,31)18-8-5-16(6-9-18)22(29)25-23-27(14-21(28)32-2)19-10-7-17(24)12-20(19)33-23/h5-10,12,15H,3-4,11,13-14H2,1-2H3/t15-/m0/s1. The normalized spacial score (nSPS) is 17.7. The van der Waals surface area contributed by atoms with E-state index < -0.39 is 27.7 Å². The Hall–Kier alpha value is -2.89. The maximum absolute atomic E-state index is 13.7. The van der Waals surface area contributed by atoms with Crippen molar-refractivity contribution < 1.29 is 27.1 Å². The molecule has 180 valence electrons. The summed E-state index contributed by atoms with van der Waals surface area (Å²) < 4.78 is 47.8. The van der Waals surface area contributed by atoms with Gasteiger partial charge in [0, 0.05) is 18.7 Å². The van der Waals surface area contributed by atoms with Gasteiger partial charge in [-0.2, -0.15) is 9.30 Å². The summed E-state index contributed by atoms with van der Waals surface area (Å²) in [5.74, 6) is -1.30. The number of amides is 1. The van der Waals surface area contributed by atoms with Gasteiger partial charge in [-0.25, -0.2) is 12.8 Å². The molecule has 2 aromatic carbocycles. The summed E-state index contributed by atoms with van der Waals surface area (Å²) in [6, 6.07) is 9.72. The number of thiazole rings is 1. The number of ether oxygens (including phenoxy) is 1. The molecule has 0 bridgehead atoms. The van der Waals surface area contributed by atoms with Crippen LogP contribution in [0.3, 0.4) is 0 Å². The molecule has 1 amide bonds. The minimum absolute atomic E-state index is 0.122. The van der Waals surface area contributed by atoms with Crippen molar-refractivity contribution in [2.75, 3.05) is 20.2 Å². The van der Waals surface area contributed by atoms with Gasteiger partial charge in [-0.1, -0.05) is 18.3 Å². The fourth-order valence-corrected chi connectivity index (χ4v) is 6.56. The van der Waals surface area contributed by atoms with E-state index in [9.17, 15) is 22.4 Å². The lowest BCUT2D eigenvalue weighted by Crippen LogP contribution is -2.39. The molecule has 3 aromatic rings. The zero-order valence-corrected chi connectivity index (χ0v) is 20.4. The van der Waals surface area contributed by atoms with Gasteiger partial charge in [-0.15, -0.1) is 0 Å². The van der Waals surface area contributed by atoms with Crippen LogP contribution in [0.15, 0.2) is 52.4 Å². The third kappa shape index (κ3) is 4.96. The molecule has 0 spiro atoms. The number of halogens is 1. The van der Waals surface area contributed by atoms with Crippen LogP contribution < -0.4 is 4.80 Å². The lowest BCUT2D eigenvalue weighted by molar-refractivity contribution is -0.141. The number of methoxy groups -OCH3 is 1. The van der Waals surface area contributed by atoms with Crippen LogP contribution >= 0.6 is 11.3 Å². The minimum atomic E-state index is -3.64. The molecule has 8 nitrogen and oxygen atoms in total. The van der Waals surface area contributed by atoms with Crippen LogP contribution in [0.2, 0.25) is 0 Å². The molecular weight excluding hydrogens is 481 g/mol. The fraction of sp³-hybridized carbons (Fsp3) is 0.348. The van der Waals surface area contributed by atoms with Crippen molar-refractivity contribution in [1.29, 1.82) is 0 Å². The number of rotatable bonds is 5. The van der Waals surface area contributed by atoms with Gasteiger partial charge < -0.3 is 9.30 Å². The number of carbonyl (C=O) groups excluding carboxylic acids is 2. The number of nitrogens with zero attached hydrogens (tertiary/aromatic N) is 3. The predicted octanol–water partition coefficient (Wildman–Crippen LogP) is 3.18. The highest BCUT2D eigenvalue weighted by Gasteiger charge is 2.28. The number of esters is 1. The monoisotopic (exact) mass is 505 g/mol. The lowest BCUT2D eigenvalue weighted by atomic mass is 10.0. The third-order valence-electron chi connectivity index (χ3n) is 5.72. The zero-order valence-electron chi connectivity index (χ0n) is 18.7. The topological polar surface area (TPSA) is 98.0 Å². The number of fused-ring (bicyclic) bond motifs is 1. The van der Waals surface area contributed by atoms with Gasteiger partial charge in [0.1, 0.15) is 12.4 Å². The van der Waals surface area contributed by atoms with Crippen molar-refractivity contribution in [3.05, 3.63) is 58.6 Å². The van der Waals surface area contributed by atoms with Gasteiger partial charge in [0.25, 0.3) is 5.91 Å². The number of benzene rings is 2. The molecule has 1 aromatic heterocycles. The molecular formula is C23H24FN3O5S2. The van der Waals surface area contributed by atoms with Crippen LogP contribution in [0.4, 0.5) is 4.39 Å². The molecule has 11 heteroatoms. The van der Waals surface area contributed by atoms with Crippen molar-refractivity contribution in [3.8, 4) is 0 Å². The van der Waals surface area contributed by atoms with Gasteiger partial charge in [-0.3, -0.25) is 9.59 Å². The van der Waals surface area contributed by atoms with E-state index in [0.29, 0.717) is 29.2 Å². The average Bonchev–Trinajstić information content (AvgIpc) is 3.14. The van der Waals surface area contributed by atoms with E-state index in [4.69, 9.17) is 4.74 Å². The molecule has 1 aliphatic heterocycles. The summed E-state index contributed by atoms with van der Waals surface area (Å²) in [7, 11) is -2.39. The fourth-order valence-electron chi connectivity index (χ4n) is 3.91. The molecule has 0 unspecified atom stereocenters. The maximum Gasteiger partial charge on any atom is 0.325 e. The van der Waals surface area contributed by atoms with Crippen LogP contribution in [0, 0.1) is 11.7 Å². The second kappa shape index (κ2) is 9.77. The number of carbonyl (C=O) groups is 2. The van der Waals surface area contributed by atoms with Crippen LogP contribution in [0.5, 0.6) is 0 Å². The second-order valence-electron chi connectivity index (χ2n) is 8.21. The highest BCUT2D eigenvalue weighted by Crippen LogP contribution is 2.24. The van der Waals surface area contributed by atoms with Crippen molar-refractivity contribution in [3.63, 3.8) is 0 Å². The van der Waals surface area contributed by atoms with Gasteiger partial charge in [0.05, 0.1) is 22.2 Å². The molecule has 1 atom stereocenters. The summed E-state index contributed by atoms with van der Waals surface area (Å²) >= 11 is 1.07. The van der Waals surface area contributed by atoms with Gasteiger partial charge in [0.15, 0.2) is 4.80 Å². The van der Waals surface area contributed by atoms with Crippen LogP contribution in [-0.2, 0) is 26.1 Å². The predicted molar refractivity (Wildman–Crippen MR) is 125 cm³/mol. The van der Waals surface area contributed by atoms with Crippen LogP contribution in [0.1, 0.15) is 30.1 Å². The number of sulfonamides is 1. The average molecular weight is 506 g/mol. The van der Waals surface area contributed by atoms with Gasteiger partial charge >= 0.3 is 5.97 Å².